The zero-order valence-electron chi connectivity index (χ0n) is 12.5. The van der Waals surface area contributed by atoms with E-state index in [1.807, 2.05) is 4.90 Å². The Kier molecular flexibility index (Phi) is 11.3. The Balaban J connectivity index is 0.00000324. The lowest BCUT2D eigenvalue weighted by molar-refractivity contribution is -0.131. The van der Waals surface area contributed by atoms with E-state index in [2.05, 4.69) is 24.1 Å². The van der Waals surface area contributed by atoms with Gasteiger partial charge in [0, 0.05) is 32.6 Å². The molecule has 19 heavy (non-hydrogen) atoms. The number of hydrogen-bond acceptors (Lipinski definition) is 3. The third kappa shape index (κ3) is 7.75. The van der Waals surface area contributed by atoms with Crippen LogP contribution in [0.3, 0.4) is 0 Å². The maximum Gasteiger partial charge on any atom is 0.222 e. The van der Waals surface area contributed by atoms with Gasteiger partial charge >= 0.3 is 0 Å². The Labute approximate surface area is 124 Å². The number of rotatable bonds is 8. The standard InChI is InChI=1S/C14H29N3O.ClH/c1-3-9-16(10-4-2)11-5-6-14(18)17-12-7-15-8-13-17;/h15H,3-13H2,1-2H3;1H. The average molecular weight is 292 g/mol. The zero-order chi connectivity index (χ0) is 13.2. The topological polar surface area (TPSA) is 35.6 Å². The van der Waals surface area contributed by atoms with E-state index in [0.717, 1.165) is 52.2 Å². The molecule has 0 unspecified atom stereocenters. The summed E-state index contributed by atoms with van der Waals surface area (Å²) in [6.45, 7) is 11.5. The molecule has 0 aliphatic carbocycles. The maximum atomic E-state index is 12.0. The molecule has 0 spiro atoms. The summed E-state index contributed by atoms with van der Waals surface area (Å²) in [5.41, 5.74) is 0. The fourth-order valence-electron chi connectivity index (χ4n) is 2.49. The molecular formula is C14H30ClN3O. The van der Waals surface area contributed by atoms with Crippen LogP contribution in [0.5, 0.6) is 0 Å². The van der Waals surface area contributed by atoms with Crippen molar-refractivity contribution in [1.82, 2.24) is 15.1 Å². The Hall–Kier alpha value is -0.320. The first kappa shape index (κ1) is 18.7. The van der Waals surface area contributed by atoms with E-state index in [0.29, 0.717) is 12.3 Å². The lowest BCUT2D eigenvalue weighted by Crippen LogP contribution is -2.46. The molecule has 1 N–H and O–H groups in total. The molecule has 5 heteroatoms. The monoisotopic (exact) mass is 291 g/mol. The highest BCUT2D eigenvalue weighted by molar-refractivity contribution is 5.85. The second-order valence-electron chi connectivity index (χ2n) is 5.08. The van der Waals surface area contributed by atoms with E-state index >= 15 is 0 Å². The quantitative estimate of drug-likeness (QED) is 0.740. The summed E-state index contributed by atoms with van der Waals surface area (Å²) < 4.78 is 0. The van der Waals surface area contributed by atoms with Crippen molar-refractivity contribution in [2.24, 2.45) is 0 Å². The third-order valence-corrected chi connectivity index (χ3v) is 3.41. The fraction of sp³-hybridized carbons (Fsp3) is 0.929. The van der Waals surface area contributed by atoms with E-state index in [1.54, 1.807) is 0 Å². The number of carbonyl (C=O) groups excluding carboxylic acids is 1. The van der Waals surface area contributed by atoms with E-state index < -0.39 is 0 Å². The number of halogens is 1. The summed E-state index contributed by atoms with van der Waals surface area (Å²) in [6, 6.07) is 0. The molecular weight excluding hydrogens is 262 g/mol. The predicted molar refractivity (Wildman–Crippen MR) is 83.0 cm³/mol. The Morgan fingerprint density at radius 2 is 1.68 bits per heavy atom. The molecule has 0 saturated carbocycles. The minimum Gasteiger partial charge on any atom is -0.340 e. The van der Waals surface area contributed by atoms with Crippen molar-refractivity contribution < 1.29 is 4.79 Å². The number of piperazine rings is 1. The first-order valence-corrected chi connectivity index (χ1v) is 7.48. The molecule has 1 rings (SSSR count). The van der Waals surface area contributed by atoms with Crippen molar-refractivity contribution in [3.05, 3.63) is 0 Å². The van der Waals surface area contributed by atoms with Crippen LogP contribution in [0, 0.1) is 0 Å². The molecule has 0 radical (unpaired) electrons. The Bertz CT molecular complexity index is 227. The lowest BCUT2D eigenvalue weighted by atomic mass is 10.2. The highest BCUT2D eigenvalue weighted by Gasteiger charge is 2.15. The Morgan fingerprint density at radius 1 is 1.11 bits per heavy atom. The van der Waals surface area contributed by atoms with Gasteiger partial charge in [0.25, 0.3) is 0 Å². The minimum atomic E-state index is 0. The van der Waals surface area contributed by atoms with Gasteiger partial charge in [-0.1, -0.05) is 13.8 Å². The summed E-state index contributed by atoms with van der Waals surface area (Å²) >= 11 is 0. The number of amides is 1. The summed E-state index contributed by atoms with van der Waals surface area (Å²) in [4.78, 5) is 16.5. The molecule has 114 valence electrons. The van der Waals surface area contributed by atoms with Gasteiger partial charge in [0.2, 0.25) is 5.91 Å². The molecule has 0 aromatic carbocycles. The van der Waals surface area contributed by atoms with Gasteiger partial charge in [0.05, 0.1) is 0 Å². The van der Waals surface area contributed by atoms with Crippen LogP contribution < -0.4 is 5.32 Å². The van der Waals surface area contributed by atoms with Crippen LogP contribution in [-0.2, 0) is 4.79 Å². The SMILES string of the molecule is CCCN(CCC)CCCC(=O)N1CCNCC1.Cl. The second kappa shape index (κ2) is 11.5. The molecule has 1 heterocycles. The largest absolute Gasteiger partial charge is 0.340 e. The first-order chi connectivity index (χ1) is 8.77. The molecule has 1 aliphatic rings. The van der Waals surface area contributed by atoms with E-state index in [1.165, 1.54) is 12.8 Å². The van der Waals surface area contributed by atoms with Crippen LogP contribution in [0.2, 0.25) is 0 Å². The van der Waals surface area contributed by atoms with Crippen LogP contribution in [0.4, 0.5) is 0 Å². The third-order valence-electron chi connectivity index (χ3n) is 3.41. The maximum absolute atomic E-state index is 12.0. The summed E-state index contributed by atoms with van der Waals surface area (Å²) in [5.74, 6) is 0.337. The molecule has 0 aromatic rings. The molecule has 0 atom stereocenters. The van der Waals surface area contributed by atoms with Gasteiger partial charge < -0.3 is 15.1 Å². The van der Waals surface area contributed by atoms with Gasteiger partial charge in [-0.3, -0.25) is 4.79 Å². The Morgan fingerprint density at radius 3 is 2.21 bits per heavy atom. The van der Waals surface area contributed by atoms with Crippen LogP contribution in [0.1, 0.15) is 39.5 Å². The van der Waals surface area contributed by atoms with Gasteiger partial charge in [-0.05, 0) is 38.9 Å². The van der Waals surface area contributed by atoms with Gasteiger partial charge in [-0.15, -0.1) is 12.4 Å². The molecule has 0 aromatic heterocycles. The van der Waals surface area contributed by atoms with Gasteiger partial charge in [0.15, 0.2) is 0 Å². The minimum absolute atomic E-state index is 0. The van der Waals surface area contributed by atoms with Gasteiger partial charge in [0.1, 0.15) is 0 Å². The van der Waals surface area contributed by atoms with Crippen LogP contribution in [0.25, 0.3) is 0 Å². The van der Waals surface area contributed by atoms with Crippen molar-refractivity contribution >= 4 is 18.3 Å². The summed E-state index contributed by atoms with van der Waals surface area (Å²) in [6.07, 6.45) is 4.12. The van der Waals surface area contributed by atoms with Crippen molar-refractivity contribution in [1.29, 1.82) is 0 Å². The van der Waals surface area contributed by atoms with Crippen molar-refractivity contribution in [2.45, 2.75) is 39.5 Å². The molecule has 1 amide bonds. The smallest absolute Gasteiger partial charge is 0.222 e. The van der Waals surface area contributed by atoms with Crippen molar-refractivity contribution in [3.63, 3.8) is 0 Å². The molecule has 1 fully saturated rings. The van der Waals surface area contributed by atoms with E-state index in [-0.39, 0.29) is 12.4 Å². The average Bonchev–Trinajstić information content (AvgIpc) is 2.40. The lowest BCUT2D eigenvalue weighted by Gasteiger charge is -2.28. The number of nitrogens with zero attached hydrogens (tertiary/aromatic N) is 2. The number of nitrogens with one attached hydrogen (secondary N) is 1. The molecule has 0 bridgehead atoms. The highest BCUT2D eigenvalue weighted by atomic mass is 35.5. The summed E-state index contributed by atoms with van der Waals surface area (Å²) in [7, 11) is 0. The van der Waals surface area contributed by atoms with E-state index in [9.17, 15) is 4.79 Å². The molecule has 4 nitrogen and oxygen atoms in total. The van der Waals surface area contributed by atoms with Crippen LogP contribution >= 0.6 is 12.4 Å². The normalized spacial score (nSPS) is 15.4. The molecule has 1 saturated heterocycles. The van der Waals surface area contributed by atoms with Crippen molar-refractivity contribution in [2.75, 3.05) is 45.8 Å². The van der Waals surface area contributed by atoms with E-state index in [4.69, 9.17) is 0 Å². The zero-order valence-corrected chi connectivity index (χ0v) is 13.3. The highest BCUT2D eigenvalue weighted by Crippen LogP contribution is 2.03. The summed E-state index contributed by atoms with van der Waals surface area (Å²) in [5, 5.41) is 3.28. The van der Waals surface area contributed by atoms with Gasteiger partial charge in [-0.2, -0.15) is 0 Å². The van der Waals surface area contributed by atoms with Crippen molar-refractivity contribution in [3.8, 4) is 0 Å². The number of hydrogen-bond donors (Lipinski definition) is 1. The fourth-order valence-corrected chi connectivity index (χ4v) is 2.49. The number of carbonyl (C=O) groups is 1. The first-order valence-electron chi connectivity index (χ1n) is 7.48. The second-order valence-corrected chi connectivity index (χ2v) is 5.08. The van der Waals surface area contributed by atoms with Crippen LogP contribution in [0.15, 0.2) is 0 Å². The van der Waals surface area contributed by atoms with Crippen LogP contribution in [-0.4, -0.2) is 61.5 Å². The molecule has 1 aliphatic heterocycles. The predicted octanol–water partition coefficient (Wildman–Crippen LogP) is 1.74. The van der Waals surface area contributed by atoms with Gasteiger partial charge in [-0.25, -0.2) is 0 Å².